The quantitative estimate of drug-likeness (QED) is 0.769. The summed E-state index contributed by atoms with van der Waals surface area (Å²) in [5.74, 6) is 1.72. The first-order valence-corrected chi connectivity index (χ1v) is 7.70. The number of rotatable bonds is 5. The third kappa shape index (κ3) is 3.48. The molecule has 5 heteroatoms. The topological polar surface area (TPSA) is 71.0 Å². The van der Waals surface area contributed by atoms with Crippen molar-refractivity contribution in [1.29, 1.82) is 0 Å². The van der Waals surface area contributed by atoms with Crippen LogP contribution < -0.4 is 14.8 Å². The van der Waals surface area contributed by atoms with Gasteiger partial charge in [-0.15, -0.1) is 0 Å². The lowest BCUT2D eigenvalue weighted by atomic mass is 9.86. The van der Waals surface area contributed by atoms with Gasteiger partial charge in [0.25, 0.3) is 0 Å². The van der Waals surface area contributed by atoms with Crippen molar-refractivity contribution >= 4 is 0 Å². The second-order valence-corrected chi connectivity index (χ2v) is 5.90. The van der Waals surface area contributed by atoms with Crippen LogP contribution in [0.3, 0.4) is 0 Å². The number of aliphatic hydroxyl groups excluding tert-OH is 2. The van der Waals surface area contributed by atoms with E-state index in [4.69, 9.17) is 9.47 Å². The summed E-state index contributed by atoms with van der Waals surface area (Å²) in [6, 6.07) is 5.51. The molecule has 5 nitrogen and oxygen atoms in total. The van der Waals surface area contributed by atoms with Crippen LogP contribution in [0.2, 0.25) is 0 Å². The van der Waals surface area contributed by atoms with Gasteiger partial charge in [-0.1, -0.05) is 18.9 Å². The fraction of sp³-hybridized carbons (Fsp3) is 0.625. The van der Waals surface area contributed by atoms with Gasteiger partial charge in [-0.05, 0) is 36.5 Å². The molecule has 2 aliphatic rings. The number of benzene rings is 1. The smallest absolute Gasteiger partial charge is 0.231 e. The number of aliphatic hydroxyl groups is 2. The molecule has 1 aliphatic heterocycles. The molecule has 0 aromatic heterocycles. The Morgan fingerprint density at radius 1 is 1.19 bits per heavy atom. The second kappa shape index (κ2) is 6.64. The summed E-state index contributed by atoms with van der Waals surface area (Å²) in [6.45, 7) is 1.47. The van der Waals surface area contributed by atoms with E-state index in [0.29, 0.717) is 18.2 Å². The van der Waals surface area contributed by atoms with E-state index < -0.39 is 6.10 Å². The number of nitrogens with one attached hydrogen (secondary N) is 1. The molecule has 0 radical (unpaired) electrons. The van der Waals surface area contributed by atoms with E-state index in [1.807, 2.05) is 18.2 Å². The van der Waals surface area contributed by atoms with E-state index in [1.165, 1.54) is 6.42 Å². The first-order chi connectivity index (χ1) is 10.2. The molecule has 116 valence electrons. The van der Waals surface area contributed by atoms with Crippen molar-refractivity contribution in [3.8, 4) is 11.5 Å². The first-order valence-electron chi connectivity index (χ1n) is 7.70. The lowest BCUT2D eigenvalue weighted by molar-refractivity contribution is 0.0669. The van der Waals surface area contributed by atoms with Gasteiger partial charge in [0.1, 0.15) is 0 Å². The van der Waals surface area contributed by atoms with Gasteiger partial charge in [0.15, 0.2) is 11.5 Å². The maximum Gasteiger partial charge on any atom is 0.231 e. The van der Waals surface area contributed by atoms with Crippen molar-refractivity contribution in [2.75, 3.05) is 19.9 Å². The largest absolute Gasteiger partial charge is 0.454 e. The third-order valence-corrected chi connectivity index (χ3v) is 4.39. The summed E-state index contributed by atoms with van der Waals surface area (Å²) in [7, 11) is 0. The average molecular weight is 293 g/mol. The van der Waals surface area contributed by atoms with Crippen LogP contribution in [0.25, 0.3) is 0 Å². The standard InChI is InChI=1S/C16H23NO4/c18-13-4-2-1-3-12(13)8-17-9-14(19)11-5-6-15-16(7-11)21-10-20-15/h5-7,12-14,17-19H,1-4,8-10H2. The molecule has 0 saturated heterocycles. The van der Waals surface area contributed by atoms with Crippen molar-refractivity contribution in [1.82, 2.24) is 5.32 Å². The molecule has 1 heterocycles. The molecule has 0 spiro atoms. The zero-order chi connectivity index (χ0) is 14.7. The van der Waals surface area contributed by atoms with Crippen LogP contribution in [0.5, 0.6) is 11.5 Å². The van der Waals surface area contributed by atoms with Gasteiger partial charge in [-0.2, -0.15) is 0 Å². The van der Waals surface area contributed by atoms with Crippen molar-refractivity contribution < 1.29 is 19.7 Å². The Labute approximate surface area is 124 Å². The van der Waals surface area contributed by atoms with Crippen LogP contribution in [-0.2, 0) is 0 Å². The predicted molar refractivity (Wildman–Crippen MR) is 78.4 cm³/mol. The van der Waals surface area contributed by atoms with Crippen LogP contribution >= 0.6 is 0 Å². The lowest BCUT2D eigenvalue weighted by Crippen LogP contribution is -2.35. The second-order valence-electron chi connectivity index (χ2n) is 5.90. The van der Waals surface area contributed by atoms with E-state index >= 15 is 0 Å². The normalized spacial score (nSPS) is 25.8. The molecule has 0 bridgehead atoms. The summed E-state index contributed by atoms with van der Waals surface area (Å²) < 4.78 is 10.6. The van der Waals surface area contributed by atoms with Crippen LogP contribution in [0.1, 0.15) is 37.4 Å². The van der Waals surface area contributed by atoms with Gasteiger partial charge in [0.2, 0.25) is 6.79 Å². The number of fused-ring (bicyclic) bond motifs is 1. The summed E-state index contributed by atoms with van der Waals surface area (Å²) in [5, 5.41) is 23.4. The SMILES string of the molecule is OC(CNCC1CCCCC1O)c1ccc2c(c1)OCO2. The Balaban J connectivity index is 1.48. The highest BCUT2D eigenvalue weighted by Gasteiger charge is 2.23. The molecule has 1 aliphatic carbocycles. The number of hydrogen-bond acceptors (Lipinski definition) is 5. The summed E-state index contributed by atoms with van der Waals surface area (Å²) in [6.07, 6.45) is 3.49. The Morgan fingerprint density at radius 2 is 2.00 bits per heavy atom. The Morgan fingerprint density at radius 3 is 2.86 bits per heavy atom. The third-order valence-electron chi connectivity index (χ3n) is 4.39. The molecule has 1 aromatic carbocycles. The lowest BCUT2D eigenvalue weighted by Gasteiger charge is -2.28. The van der Waals surface area contributed by atoms with Crippen molar-refractivity contribution in [3.63, 3.8) is 0 Å². The highest BCUT2D eigenvalue weighted by atomic mass is 16.7. The molecule has 21 heavy (non-hydrogen) atoms. The summed E-state index contributed by atoms with van der Waals surface area (Å²) in [5.41, 5.74) is 0.816. The minimum atomic E-state index is -0.583. The van der Waals surface area contributed by atoms with Gasteiger partial charge < -0.3 is 25.0 Å². The fourth-order valence-electron chi connectivity index (χ4n) is 3.07. The van der Waals surface area contributed by atoms with Crippen LogP contribution in [0.15, 0.2) is 18.2 Å². The van der Waals surface area contributed by atoms with E-state index in [-0.39, 0.29) is 12.9 Å². The molecule has 3 unspecified atom stereocenters. The molecule has 1 saturated carbocycles. The van der Waals surface area contributed by atoms with Crippen molar-refractivity contribution in [3.05, 3.63) is 23.8 Å². The zero-order valence-electron chi connectivity index (χ0n) is 12.1. The highest BCUT2D eigenvalue weighted by molar-refractivity contribution is 5.45. The first kappa shape index (κ1) is 14.6. The molecule has 0 amide bonds. The Bertz CT molecular complexity index is 479. The Kier molecular flexibility index (Phi) is 4.63. The number of hydrogen-bond donors (Lipinski definition) is 3. The van der Waals surface area contributed by atoms with Gasteiger partial charge in [-0.3, -0.25) is 0 Å². The molecule has 1 fully saturated rings. The Hall–Kier alpha value is -1.30. The van der Waals surface area contributed by atoms with E-state index in [9.17, 15) is 10.2 Å². The zero-order valence-corrected chi connectivity index (χ0v) is 12.1. The van der Waals surface area contributed by atoms with E-state index in [1.54, 1.807) is 0 Å². The van der Waals surface area contributed by atoms with E-state index in [0.717, 1.165) is 37.1 Å². The maximum atomic E-state index is 10.2. The minimum absolute atomic E-state index is 0.200. The van der Waals surface area contributed by atoms with Crippen LogP contribution in [-0.4, -0.2) is 36.2 Å². The molecule has 3 rings (SSSR count). The van der Waals surface area contributed by atoms with Crippen LogP contribution in [0.4, 0.5) is 0 Å². The van der Waals surface area contributed by atoms with E-state index in [2.05, 4.69) is 5.32 Å². The summed E-state index contributed by atoms with van der Waals surface area (Å²) >= 11 is 0. The molecular weight excluding hydrogens is 270 g/mol. The molecule has 3 atom stereocenters. The van der Waals surface area contributed by atoms with Gasteiger partial charge in [-0.25, -0.2) is 0 Å². The number of ether oxygens (including phenoxy) is 2. The maximum absolute atomic E-state index is 10.2. The van der Waals surface area contributed by atoms with Crippen molar-refractivity contribution in [2.24, 2.45) is 5.92 Å². The summed E-state index contributed by atoms with van der Waals surface area (Å²) in [4.78, 5) is 0. The minimum Gasteiger partial charge on any atom is -0.454 e. The fourth-order valence-corrected chi connectivity index (χ4v) is 3.07. The van der Waals surface area contributed by atoms with Crippen molar-refractivity contribution in [2.45, 2.75) is 37.9 Å². The van der Waals surface area contributed by atoms with Gasteiger partial charge in [0.05, 0.1) is 12.2 Å². The molecule has 3 N–H and O–H groups in total. The monoisotopic (exact) mass is 293 g/mol. The molecule has 1 aromatic rings. The average Bonchev–Trinajstić information content (AvgIpc) is 2.96. The predicted octanol–water partition coefficient (Wildman–Crippen LogP) is 1.59. The van der Waals surface area contributed by atoms with Gasteiger partial charge >= 0.3 is 0 Å². The van der Waals surface area contributed by atoms with Gasteiger partial charge in [0, 0.05) is 13.1 Å². The highest BCUT2D eigenvalue weighted by Crippen LogP contribution is 2.34. The van der Waals surface area contributed by atoms with Crippen LogP contribution in [0, 0.1) is 5.92 Å². The molecular formula is C16H23NO4.